The Kier molecular flexibility index (Phi) is 3.90. The lowest BCUT2D eigenvalue weighted by atomic mass is 10.1. The van der Waals surface area contributed by atoms with Crippen molar-refractivity contribution in [2.45, 2.75) is 12.8 Å². The molecule has 0 saturated carbocycles. The largest absolute Gasteiger partial charge is 0.481 e. The summed E-state index contributed by atoms with van der Waals surface area (Å²) in [6, 6.07) is 2.83. The zero-order chi connectivity index (χ0) is 12.3. The van der Waals surface area contributed by atoms with E-state index in [1.54, 1.807) is 6.07 Å². The number of carbonyl (C=O) groups is 1. The molecule has 1 rings (SSSR count). The minimum atomic E-state index is -2.92. The van der Waals surface area contributed by atoms with Crippen molar-refractivity contribution in [1.29, 1.82) is 5.26 Å². The van der Waals surface area contributed by atoms with Gasteiger partial charge in [-0.05, 0) is 6.07 Å². The van der Waals surface area contributed by atoms with Gasteiger partial charge in [0, 0.05) is 10.0 Å². The fraction of sp³-hybridized carbons (Fsp3) is 0.222. The third-order valence-electron chi connectivity index (χ3n) is 1.75. The highest BCUT2D eigenvalue weighted by molar-refractivity contribution is 9.10. The minimum Gasteiger partial charge on any atom is -0.481 e. The lowest BCUT2D eigenvalue weighted by molar-refractivity contribution is -0.136. The highest BCUT2D eigenvalue weighted by Gasteiger charge is 2.20. The molecule has 0 aromatic carbocycles. The molecule has 4 nitrogen and oxygen atoms in total. The van der Waals surface area contributed by atoms with Crippen LogP contribution in [0.15, 0.2) is 10.5 Å². The molecule has 0 aliphatic heterocycles. The first kappa shape index (κ1) is 12.5. The summed E-state index contributed by atoms with van der Waals surface area (Å²) in [6.45, 7) is 0. The number of carboxylic acids is 1. The molecule has 1 aromatic heterocycles. The predicted octanol–water partition coefficient (Wildman–Crippen LogP) is 2.28. The van der Waals surface area contributed by atoms with Crippen molar-refractivity contribution < 1.29 is 18.7 Å². The number of pyridine rings is 1. The van der Waals surface area contributed by atoms with Crippen molar-refractivity contribution in [1.82, 2.24) is 4.98 Å². The average molecular weight is 291 g/mol. The molecule has 16 heavy (non-hydrogen) atoms. The van der Waals surface area contributed by atoms with Gasteiger partial charge in [0.1, 0.15) is 17.5 Å². The molecule has 0 aliphatic carbocycles. The second kappa shape index (κ2) is 4.99. The molecule has 1 heterocycles. The number of alkyl halides is 2. The second-order valence-electron chi connectivity index (χ2n) is 2.84. The Hall–Kier alpha value is -1.55. The fourth-order valence-electron chi connectivity index (χ4n) is 1.12. The van der Waals surface area contributed by atoms with Gasteiger partial charge in [0.2, 0.25) is 0 Å². The zero-order valence-corrected chi connectivity index (χ0v) is 9.33. The maximum atomic E-state index is 12.6. The molecular formula is C9H5BrF2N2O2. The first-order valence-corrected chi connectivity index (χ1v) is 4.84. The number of hydrogen-bond acceptors (Lipinski definition) is 3. The van der Waals surface area contributed by atoms with Crippen molar-refractivity contribution in [2.24, 2.45) is 0 Å². The molecule has 0 fully saturated rings. The van der Waals surface area contributed by atoms with Crippen LogP contribution in [0.3, 0.4) is 0 Å². The summed E-state index contributed by atoms with van der Waals surface area (Å²) in [7, 11) is 0. The monoisotopic (exact) mass is 290 g/mol. The number of hydrogen-bond donors (Lipinski definition) is 1. The lowest BCUT2D eigenvalue weighted by Crippen LogP contribution is -2.08. The smallest absolute Gasteiger partial charge is 0.307 e. The predicted molar refractivity (Wildman–Crippen MR) is 52.9 cm³/mol. The molecule has 0 atom stereocenters. The Morgan fingerprint density at radius 1 is 1.69 bits per heavy atom. The lowest BCUT2D eigenvalue weighted by Gasteiger charge is -2.08. The van der Waals surface area contributed by atoms with Gasteiger partial charge in [0.15, 0.2) is 0 Å². The van der Waals surface area contributed by atoms with Gasteiger partial charge in [-0.25, -0.2) is 13.8 Å². The van der Waals surface area contributed by atoms with Gasteiger partial charge in [-0.15, -0.1) is 0 Å². The molecule has 0 spiro atoms. The van der Waals surface area contributed by atoms with Crippen LogP contribution in [-0.4, -0.2) is 16.1 Å². The standard InChI is InChI=1S/C9H5BrF2N2O2/c10-6-1-4(3-13)14-8(9(11)12)5(6)2-7(15)16/h1,9H,2H2,(H,15,16). The van der Waals surface area contributed by atoms with Gasteiger partial charge in [0.05, 0.1) is 6.42 Å². The molecule has 0 bridgehead atoms. The normalized spacial score (nSPS) is 10.2. The van der Waals surface area contributed by atoms with Crippen molar-refractivity contribution in [3.05, 3.63) is 27.5 Å². The molecule has 0 saturated heterocycles. The maximum Gasteiger partial charge on any atom is 0.307 e. The van der Waals surface area contributed by atoms with Gasteiger partial charge >= 0.3 is 5.97 Å². The van der Waals surface area contributed by atoms with Crippen LogP contribution in [-0.2, 0) is 11.2 Å². The highest BCUT2D eigenvalue weighted by atomic mass is 79.9. The summed E-state index contributed by atoms with van der Waals surface area (Å²) in [5.41, 5.74) is -0.967. The Labute approximate surface area is 97.7 Å². The number of rotatable bonds is 3. The van der Waals surface area contributed by atoms with Crippen LogP contribution in [0, 0.1) is 11.3 Å². The van der Waals surface area contributed by atoms with E-state index in [2.05, 4.69) is 20.9 Å². The van der Waals surface area contributed by atoms with E-state index in [0.717, 1.165) is 0 Å². The third kappa shape index (κ3) is 2.73. The number of nitriles is 1. The van der Waals surface area contributed by atoms with Gasteiger partial charge < -0.3 is 5.11 Å². The molecule has 7 heteroatoms. The van der Waals surface area contributed by atoms with Crippen LogP contribution in [0.25, 0.3) is 0 Å². The molecule has 0 aliphatic rings. The van der Waals surface area contributed by atoms with Crippen LogP contribution < -0.4 is 0 Å². The number of nitrogens with zero attached hydrogens (tertiary/aromatic N) is 2. The van der Waals surface area contributed by atoms with Gasteiger partial charge in [-0.1, -0.05) is 15.9 Å². The molecule has 0 radical (unpaired) electrons. The highest BCUT2D eigenvalue weighted by Crippen LogP contribution is 2.28. The molecule has 84 valence electrons. The SMILES string of the molecule is N#Cc1cc(Br)c(CC(=O)O)c(C(F)F)n1. The molecule has 0 unspecified atom stereocenters. The summed E-state index contributed by atoms with van der Waals surface area (Å²) < 4.78 is 25.3. The topological polar surface area (TPSA) is 74.0 Å². The number of halogens is 3. The summed E-state index contributed by atoms with van der Waals surface area (Å²) >= 11 is 2.95. The molecule has 1 N–H and O–H groups in total. The Morgan fingerprint density at radius 3 is 2.75 bits per heavy atom. The van der Waals surface area contributed by atoms with E-state index in [4.69, 9.17) is 10.4 Å². The van der Waals surface area contributed by atoms with Gasteiger partial charge in [-0.3, -0.25) is 4.79 Å². The van der Waals surface area contributed by atoms with Gasteiger partial charge in [-0.2, -0.15) is 5.26 Å². The maximum absolute atomic E-state index is 12.6. The van der Waals surface area contributed by atoms with E-state index >= 15 is 0 Å². The quantitative estimate of drug-likeness (QED) is 0.927. The Balaban J connectivity index is 3.35. The van der Waals surface area contributed by atoms with E-state index < -0.39 is 24.5 Å². The summed E-state index contributed by atoms with van der Waals surface area (Å²) in [6.07, 6.45) is -3.49. The number of carboxylic acid groups (broad SMARTS) is 1. The third-order valence-corrected chi connectivity index (χ3v) is 2.46. The van der Waals surface area contributed by atoms with Crippen molar-refractivity contribution in [2.75, 3.05) is 0 Å². The summed E-state index contributed by atoms with van der Waals surface area (Å²) in [5, 5.41) is 17.1. The van der Waals surface area contributed by atoms with E-state index in [9.17, 15) is 13.6 Å². The second-order valence-corrected chi connectivity index (χ2v) is 3.69. The van der Waals surface area contributed by atoms with E-state index in [0.29, 0.717) is 0 Å². The Bertz CT molecular complexity index is 471. The van der Waals surface area contributed by atoms with Crippen LogP contribution in [0.1, 0.15) is 23.4 Å². The van der Waals surface area contributed by atoms with Crippen molar-refractivity contribution in [3.63, 3.8) is 0 Å². The molecule has 1 aromatic rings. The Morgan fingerprint density at radius 2 is 2.31 bits per heavy atom. The van der Waals surface area contributed by atoms with Gasteiger partial charge in [0.25, 0.3) is 6.43 Å². The fourth-order valence-corrected chi connectivity index (χ4v) is 1.68. The average Bonchev–Trinajstić information content (AvgIpc) is 2.19. The van der Waals surface area contributed by atoms with E-state index in [1.165, 1.54) is 6.07 Å². The first-order valence-electron chi connectivity index (χ1n) is 4.05. The van der Waals surface area contributed by atoms with Crippen LogP contribution >= 0.6 is 15.9 Å². The summed E-state index contributed by atoms with van der Waals surface area (Å²) in [5.74, 6) is -1.24. The van der Waals surface area contributed by atoms with E-state index in [-0.39, 0.29) is 15.7 Å². The van der Waals surface area contributed by atoms with Crippen molar-refractivity contribution >= 4 is 21.9 Å². The zero-order valence-electron chi connectivity index (χ0n) is 7.75. The van der Waals surface area contributed by atoms with E-state index in [1.807, 2.05) is 0 Å². The van der Waals surface area contributed by atoms with Crippen LogP contribution in [0.2, 0.25) is 0 Å². The van der Waals surface area contributed by atoms with Crippen LogP contribution in [0.4, 0.5) is 8.78 Å². The van der Waals surface area contributed by atoms with Crippen molar-refractivity contribution in [3.8, 4) is 6.07 Å². The number of aliphatic carboxylic acids is 1. The first-order chi connectivity index (χ1) is 7.45. The summed E-state index contributed by atoms with van der Waals surface area (Å²) in [4.78, 5) is 13.9. The molecular weight excluding hydrogens is 286 g/mol. The molecule has 0 amide bonds. The van der Waals surface area contributed by atoms with Crippen LogP contribution in [0.5, 0.6) is 0 Å². The minimum absolute atomic E-state index is 0.110. The number of aromatic nitrogens is 1.